The van der Waals surface area contributed by atoms with Crippen LogP contribution in [0.1, 0.15) is 22.7 Å². The fraction of sp³-hybridized carbons (Fsp3) is 0.200. The average molecular weight is 308 g/mol. The number of benzene rings is 2. The molecule has 0 saturated carbocycles. The zero-order valence-corrected chi connectivity index (χ0v) is 11.7. The van der Waals surface area contributed by atoms with Crippen LogP contribution >= 0.6 is 15.9 Å². The molecule has 0 aromatic heterocycles. The van der Waals surface area contributed by atoms with Crippen LogP contribution in [0.25, 0.3) is 0 Å². The number of rotatable bonds is 3. The molecule has 94 valence electrons. The summed E-state index contributed by atoms with van der Waals surface area (Å²) < 4.78 is 13.9. The van der Waals surface area contributed by atoms with E-state index in [4.69, 9.17) is 5.73 Å². The van der Waals surface area contributed by atoms with Gasteiger partial charge in [-0.2, -0.15) is 0 Å². The van der Waals surface area contributed by atoms with Gasteiger partial charge in [0.05, 0.1) is 0 Å². The molecule has 0 heterocycles. The van der Waals surface area contributed by atoms with Gasteiger partial charge in [-0.3, -0.25) is 0 Å². The van der Waals surface area contributed by atoms with Crippen molar-refractivity contribution >= 4 is 15.9 Å². The molecule has 2 rings (SSSR count). The van der Waals surface area contributed by atoms with E-state index in [0.717, 1.165) is 15.6 Å². The standard InChI is InChI=1S/C15H15BrFN/c1-10-2-5-12(16)9-14(10)15(18)8-11-3-6-13(17)7-4-11/h2-7,9,15H,8,18H2,1H3. The van der Waals surface area contributed by atoms with Gasteiger partial charge < -0.3 is 5.73 Å². The molecule has 0 spiro atoms. The molecule has 0 saturated heterocycles. The second kappa shape index (κ2) is 5.63. The van der Waals surface area contributed by atoms with Gasteiger partial charge >= 0.3 is 0 Å². The van der Waals surface area contributed by atoms with Crippen LogP contribution in [-0.4, -0.2) is 0 Å². The summed E-state index contributed by atoms with van der Waals surface area (Å²) in [5, 5.41) is 0. The zero-order chi connectivity index (χ0) is 13.1. The third-order valence-corrected chi connectivity index (χ3v) is 3.50. The quantitative estimate of drug-likeness (QED) is 0.906. The maximum Gasteiger partial charge on any atom is 0.123 e. The lowest BCUT2D eigenvalue weighted by molar-refractivity contribution is 0.625. The first-order chi connectivity index (χ1) is 8.56. The SMILES string of the molecule is Cc1ccc(Br)cc1C(N)Cc1ccc(F)cc1. The highest BCUT2D eigenvalue weighted by molar-refractivity contribution is 9.10. The first-order valence-electron chi connectivity index (χ1n) is 5.82. The van der Waals surface area contributed by atoms with Gasteiger partial charge in [0.15, 0.2) is 0 Å². The Labute approximate surface area is 115 Å². The van der Waals surface area contributed by atoms with Crippen molar-refractivity contribution < 1.29 is 4.39 Å². The van der Waals surface area contributed by atoms with Gasteiger partial charge in [0.2, 0.25) is 0 Å². The zero-order valence-electron chi connectivity index (χ0n) is 10.2. The largest absolute Gasteiger partial charge is 0.324 e. The smallest absolute Gasteiger partial charge is 0.123 e. The number of hydrogen-bond donors (Lipinski definition) is 1. The van der Waals surface area contributed by atoms with Crippen LogP contribution in [0.2, 0.25) is 0 Å². The van der Waals surface area contributed by atoms with E-state index < -0.39 is 0 Å². The number of nitrogens with two attached hydrogens (primary N) is 1. The summed E-state index contributed by atoms with van der Waals surface area (Å²) in [5.74, 6) is -0.217. The summed E-state index contributed by atoms with van der Waals surface area (Å²) in [5.41, 5.74) is 9.56. The summed E-state index contributed by atoms with van der Waals surface area (Å²) in [6.07, 6.45) is 0.706. The third kappa shape index (κ3) is 3.18. The molecule has 2 N–H and O–H groups in total. The van der Waals surface area contributed by atoms with Gasteiger partial charge in [-0.05, 0) is 54.3 Å². The Morgan fingerprint density at radius 1 is 1.17 bits per heavy atom. The minimum absolute atomic E-state index is 0.0760. The number of halogens is 2. The Bertz CT molecular complexity index is 537. The van der Waals surface area contributed by atoms with Crippen LogP contribution < -0.4 is 5.73 Å². The lowest BCUT2D eigenvalue weighted by Gasteiger charge is -2.15. The Hall–Kier alpha value is -1.19. The van der Waals surface area contributed by atoms with Gasteiger partial charge in [-0.25, -0.2) is 4.39 Å². The molecule has 1 nitrogen and oxygen atoms in total. The second-order valence-corrected chi connectivity index (χ2v) is 5.35. The highest BCUT2D eigenvalue weighted by atomic mass is 79.9. The molecule has 2 aromatic rings. The third-order valence-electron chi connectivity index (χ3n) is 3.01. The van der Waals surface area contributed by atoms with Crippen LogP contribution in [0.5, 0.6) is 0 Å². The molecule has 1 unspecified atom stereocenters. The molecule has 0 aliphatic carbocycles. The molecule has 0 aliphatic rings. The predicted molar refractivity (Wildman–Crippen MR) is 75.9 cm³/mol. The Morgan fingerprint density at radius 3 is 2.50 bits per heavy atom. The van der Waals surface area contributed by atoms with E-state index in [2.05, 4.69) is 15.9 Å². The molecule has 3 heteroatoms. The van der Waals surface area contributed by atoms with Crippen LogP contribution in [0.3, 0.4) is 0 Å². The maximum atomic E-state index is 12.8. The minimum Gasteiger partial charge on any atom is -0.324 e. The van der Waals surface area contributed by atoms with Crippen molar-refractivity contribution in [1.82, 2.24) is 0 Å². The van der Waals surface area contributed by atoms with Crippen molar-refractivity contribution in [3.05, 3.63) is 69.4 Å². The molecule has 0 bridgehead atoms. The molecule has 0 amide bonds. The van der Waals surface area contributed by atoms with Crippen LogP contribution in [0, 0.1) is 12.7 Å². The van der Waals surface area contributed by atoms with Crippen molar-refractivity contribution in [3.63, 3.8) is 0 Å². The average Bonchev–Trinajstić information content (AvgIpc) is 2.35. The van der Waals surface area contributed by atoms with E-state index in [1.807, 2.05) is 25.1 Å². The van der Waals surface area contributed by atoms with Crippen molar-refractivity contribution in [2.75, 3.05) is 0 Å². The second-order valence-electron chi connectivity index (χ2n) is 4.44. The van der Waals surface area contributed by atoms with Gasteiger partial charge in [0, 0.05) is 10.5 Å². The first kappa shape index (κ1) is 13.2. The van der Waals surface area contributed by atoms with Crippen molar-refractivity contribution in [2.45, 2.75) is 19.4 Å². The Kier molecular flexibility index (Phi) is 4.15. The van der Waals surface area contributed by atoms with Crippen molar-refractivity contribution in [3.8, 4) is 0 Å². The first-order valence-corrected chi connectivity index (χ1v) is 6.61. The molecule has 0 aliphatic heterocycles. The molecule has 1 atom stereocenters. The van der Waals surface area contributed by atoms with Gasteiger partial charge in [0.1, 0.15) is 5.82 Å². The normalized spacial score (nSPS) is 12.4. The van der Waals surface area contributed by atoms with E-state index in [1.165, 1.54) is 17.7 Å². The van der Waals surface area contributed by atoms with E-state index in [9.17, 15) is 4.39 Å². The Balaban J connectivity index is 2.18. The van der Waals surface area contributed by atoms with Crippen LogP contribution in [0.15, 0.2) is 46.9 Å². The summed E-state index contributed by atoms with van der Waals surface area (Å²) in [6, 6.07) is 12.5. The summed E-state index contributed by atoms with van der Waals surface area (Å²) in [7, 11) is 0. The van der Waals surface area contributed by atoms with Crippen molar-refractivity contribution in [2.24, 2.45) is 5.73 Å². The van der Waals surface area contributed by atoms with Gasteiger partial charge in [-0.15, -0.1) is 0 Å². The highest BCUT2D eigenvalue weighted by Crippen LogP contribution is 2.23. The molecule has 2 aromatic carbocycles. The van der Waals surface area contributed by atoms with E-state index in [0.29, 0.717) is 6.42 Å². The van der Waals surface area contributed by atoms with Crippen molar-refractivity contribution in [1.29, 1.82) is 0 Å². The highest BCUT2D eigenvalue weighted by Gasteiger charge is 2.10. The minimum atomic E-state index is -0.217. The predicted octanol–water partition coefficient (Wildman–Crippen LogP) is 4.14. The lowest BCUT2D eigenvalue weighted by atomic mass is 9.96. The number of aryl methyl sites for hydroxylation is 1. The van der Waals surface area contributed by atoms with Gasteiger partial charge in [0.25, 0.3) is 0 Å². The number of hydrogen-bond acceptors (Lipinski definition) is 1. The van der Waals surface area contributed by atoms with E-state index >= 15 is 0 Å². The summed E-state index contributed by atoms with van der Waals surface area (Å²) in [6.45, 7) is 2.05. The monoisotopic (exact) mass is 307 g/mol. The maximum absolute atomic E-state index is 12.8. The topological polar surface area (TPSA) is 26.0 Å². The molecular formula is C15H15BrFN. The fourth-order valence-electron chi connectivity index (χ4n) is 2.00. The summed E-state index contributed by atoms with van der Waals surface area (Å²) >= 11 is 3.45. The van der Waals surface area contributed by atoms with Crippen LogP contribution in [0.4, 0.5) is 4.39 Å². The molecule has 0 radical (unpaired) electrons. The van der Waals surface area contributed by atoms with Crippen LogP contribution in [-0.2, 0) is 6.42 Å². The fourth-order valence-corrected chi connectivity index (χ4v) is 2.37. The lowest BCUT2D eigenvalue weighted by Crippen LogP contribution is -2.14. The summed E-state index contributed by atoms with van der Waals surface area (Å²) in [4.78, 5) is 0. The van der Waals surface area contributed by atoms with Gasteiger partial charge in [-0.1, -0.05) is 34.1 Å². The van der Waals surface area contributed by atoms with E-state index in [-0.39, 0.29) is 11.9 Å². The van der Waals surface area contributed by atoms with E-state index in [1.54, 1.807) is 12.1 Å². The molecule has 18 heavy (non-hydrogen) atoms. The Morgan fingerprint density at radius 2 is 1.83 bits per heavy atom. The molecular weight excluding hydrogens is 293 g/mol. The molecule has 0 fully saturated rings.